The number of rotatable bonds is 5. The zero-order chi connectivity index (χ0) is 17.8. The minimum atomic E-state index is -0.547. The lowest BCUT2D eigenvalue weighted by molar-refractivity contribution is -0.116. The summed E-state index contributed by atoms with van der Waals surface area (Å²) in [6.45, 7) is 2.02. The molecule has 3 aromatic rings. The molecular weight excluding hydrogens is 339 g/mol. The third kappa shape index (κ3) is 4.09. The van der Waals surface area contributed by atoms with E-state index in [2.05, 4.69) is 5.32 Å². The molecule has 1 atom stereocenters. The molecule has 0 bridgehead atoms. The number of benzene rings is 2. The first-order chi connectivity index (χ1) is 12.0. The Morgan fingerprint density at radius 1 is 1.16 bits per heavy atom. The summed E-state index contributed by atoms with van der Waals surface area (Å²) in [4.78, 5) is 12.5. The van der Waals surface area contributed by atoms with Gasteiger partial charge in [-0.05, 0) is 48.4 Å². The smallest absolute Gasteiger partial charge is 0.226 e. The number of aryl methyl sites for hydroxylation is 1. The van der Waals surface area contributed by atoms with Crippen molar-refractivity contribution in [1.82, 2.24) is 4.57 Å². The molecule has 0 radical (unpaired) electrons. The van der Waals surface area contributed by atoms with Crippen LogP contribution in [0.25, 0.3) is 0 Å². The van der Waals surface area contributed by atoms with Crippen molar-refractivity contribution < 1.29 is 9.18 Å². The quantitative estimate of drug-likeness (QED) is 0.669. The number of carbonyl (C=O) groups is 1. The fourth-order valence-corrected chi connectivity index (χ4v) is 3.02. The van der Waals surface area contributed by atoms with E-state index >= 15 is 0 Å². The standard InChI is InChI=1S/C20H18ClFN2O/c1-14-6-2-3-7-16(14)19(24-10-4-5-11-24)13-20(25)23-18-9-8-15(21)12-17(18)22/h2-12,19H,13H2,1H3,(H,23,25). The summed E-state index contributed by atoms with van der Waals surface area (Å²) in [5.74, 6) is -0.808. The number of nitrogens with zero attached hydrogens (tertiary/aromatic N) is 1. The minimum Gasteiger partial charge on any atom is -0.346 e. The van der Waals surface area contributed by atoms with Crippen LogP contribution in [-0.2, 0) is 4.79 Å². The summed E-state index contributed by atoms with van der Waals surface area (Å²) in [6, 6.07) is 15.8. The molecule has 3 nitrogen and oxygen atoms in total. The van der Waals surface area contributed by atoms with Crippen molar-refractivity contribution in [2.45, 2.75) is 19.4 Å². The van der Waals surface area contributed by atoms with E-state index in [1.165, 1.54) is 12.1 Å². The number of aromatic nitrogens is 1. The highest BCUT2D eigenvalue weighted by molar-refractivity contribution is 6.30. The van der Waals surface area contributed by atoms with Crippen molar-refractivity contribution in [2.24, 2.45) is 0 Å². The molecule has 0 saturated heterocycles. The van der Waals surface area contributed by atoms with Gasteiger partial charge in [-0.1, -0.05) is 35.9 Å². The Balaban J connectivity index is 1.83. The van der Waals surface area contributed by atoms with Crippen LogP contribution in [0.2, 0.25) is 5.02 Å². The summed E-state index contributed by atoms with van der Waals surface area (Å²) in [5.41, 5.74) is 2.29. The number of nitrogens with one attached hydrogen (secondary N) is 1. The van der Waals surface area contributed by atoms with E-state index in [9.17, 15) is 9.18 Å². The summed E-state index contributed by atoms with van der Waals surface area (Å²) in [6.07, 6.45) is 4.04. The van der Waals surface area contributed by atoms with Gasteiger partial charge in [0, 0.05) is 17.4 Å². The molecule has 0 saturated carbocycles. The summed E-state index contributed by atoms with van der Waals surface area (Å²) >= 11 is 5.75. The van der Waals surface area contributed by atoms with Crippen molar-refractivity contribution in [1.29, 1.82) is 0 Å². The lowest BCUT2D eigenvalue weighted by atomic mass is 9.98. The first-order valence-corrected chi connectivity index (χ1v) is 8.35. The molecule has 0 aliphatic heterocycles. The lowest BCUT2D eigenvalue weighted by Crippen LogP contribution is -2.20. The first kappa shape index (κ1) is 17.2. The molecule has 1 heterocycles. The summed E-state index contributed by atoms with van der Waals surface area (Å²) in [7, 11) is 0. The van der Waals surface area contributed by atoms with Crippen LogP contribution in [0.3, 0.4) is 0 Å². The Kier molecular flexibility index (Phi) is 5.19. The summed E-state index contributed by atoms with van der Waals surface area (Å²) in [5, 5.41) is 2.93. The highest BCUT2D eigenvalue weighted by Gasteiger charge is 2.19. The average Bonchev–Trinajstić information content (AvgIpc) is 3.10. The third-order valence-corrected chi connectivity index (χ3v) is 4.35. The Morgan fingerprint density at radius 2 is 1.88 bits per heavy atom. The molecular formula is C20H18ClFN2O. The Morgan fingerprint density at radius 3 is 2.56 bits per heavy atom. The Hall–Kier alpha value is -2.59. The van der Waals surface area contributed by atoms with E-state index in [1.54, 1.807) is 6.07 Å². The van der Waals surface area contributed by atoms with Gasteiger partial charge in [0.1, 0.15) is 5.82 Å². The summed E-state index contributed by atoms with van der Waals surface area (Å²) < 4.78 is 15.9. The third-order valence-electron chi connectivity index (χ3n) is 4.12. The molecule has 3 rings (SSSR count). The highest BCUT2D eigenvalue weighted by Crippen LogP contribution is 2.26. The van der Waals surface area contributed by atoms with E-state index in [1.807, 2.05) is 60.3 Å². The minimum absolute atomic E-state index is 0.130. The van der Waals surface area contributed by atoms with Crippen LogP contribution >= 0.6 is 11.6 Å². The maximum atomic E-state index is 13.9. The molecule has 1 amide bonds. The van der Waals surface area contributed by atoms with Crippen molar-refractivity contribution in [3.8, 4) is 0 Å². The second-order valence-corrected chi connectivity index (χ2v) is 6.32. The van der Waals surface area contributed by atoms with Gasteiger partial charge in [0.05, 0.1) is 18.2 Å². The Labute approximate surface area is 151 Å². The topological polar surface area (TPSA) is 34.0 Å². The number of amides is 1. The van der Waals surface area contributed by atoms with Crippen LogP contribution in [-0.4, -0.2) is 10.5 Å². The number of anilines is 1. The molecule has 1 aromatic heterocycles. The highest BCUT2D eigenvalue weighted by atomic mass is 35.5. The van der Waals surface area contributed by atoms with Gasteiger partial charge in [0.15, 0.2) is 0 Å². The van der Waals surface area contributed by atoms with E-state index in [4.69, 9.17) is 11.6 Å². The molecule has 0 fully saturated rings. The molecule has 2 aromatic carbocycles. The van der Waals surface area contributed by atoms with E-state index < -0.39 is 5.82 Å². The van der Waals surface area contributed by atoms with Gasteiger partial charge >= 0.3 is 0 Å². The van der Waals surface area contributed by atoms with Gasteiger partial charge in [0.25, 0.3) is 0 Å². The van der Waals surface area contributed by atoms with Crippen molar-refractivity contribution in [2.75, 3.05) is 5.32 Å². The van der Waals surface area contributed by atoms with E-state index in [-0.39, 0.29) is 24.1 Å². The zero-order valence-electron chi connectivity index (χ0n) is 13.7. The fourth-order valence-electron chi connectivity index (χ4n) is 2.86. The predicted molar refractivity (Wildman–Crippen MR) is 98.4 cm³/mol. The van der Waals surface area contributed by atoms with Crippen molar-refractivity contribution in [3.63, 3.8) is 0 Å². The molecule has 128 valence electrons. The molecule has 0 spiro atoms. The van der Waals surface area contributed by atoms with Crippen LogP contribution in [0.1, 0.15) is 23.6 Å². The van der Waals surface area contributed by atoms with Gasteiger partial charge in [-0.2, -0.15) is 0 Å². The fraction of sp³-hybridized carbons (Fsp3) is 0.150. The van der Waals surface area contributed by atoms with Gasteiger partial charge in [-0.25, -0.2) is 4.39 Å². The Bertz CT molecular complexity index is 877. The molecule has 5 heteroatoms. The molecule has 0 aliphatic carbocycles. The van der Waals surface area contributed by atoms with Crippen LogP contribution in [0.4, 0.5) is 10.1 Å². The monoisotopic (exact) mass is 356 g/mol. The van der Waals surface area contributed by atoms with Gasteiger partial charge in [-0.3, -0.25) is 4.79 Å². The second kappa shape index (κ2) is 7.53. The molecule has 1 unspecified atom stereocenters. The first-order valence-electron chi connectivity index (χ1n) is 7.97. The molecule has 0 aliphatic rings. The van der Waals surface area contributed by atoms with Crippen molar-refractivity contribution >= 4 is 23.2 Å². The molecule has 1 N–H and O–H groups in total. The maximum absolute atomic E-state index is 13.9. The maximum Gasteiger partial charge on any atom is 0.226 e. The largest absolute Gasteiger partial charge is 0.346 e. The lowest BCUT2D eigenvalue weighted by Gasteiger charge is -2.21. The molecule has 25 heavy (non-hydrogen) atoms. The number of hydrogen-bond acceptors (Lipinski definition) is 1. The van der Waals surface area contributed by atoms with E-state index in [0.29, 0.717) is 5.02 Å². The SMILES string of the molecule is Cc1ccccc1C(CC(=O)Nc1ccc(Cl)cc1F)n1cccc1. The van der Waals surface area contributed by atoms with Crippen LogP contribution in [0, 0.1) is 12.7 Å². The number of halogens is 2. The normalized spacial score (nSPS) is 12.0. The zero-order valence-corrected chi connectivity index (χ0v) is 14.5. The second-order valence-electron chi connectivity index (χ2n) is 5.88. The van der Waals surface area contributed by atoms with Crippen LogP contribution in [0.15, 0.2) is 67.0 Å². The van der Waals surface area contributed by atoms with Crippen molar-refractivity contribution in [3.05, 3.63) is 89.0 Å². The van der Waals surface area contributed by atoms with Gasteiger partial charge in [0.2, 0.25) is 5.91 Å². The number of carbonyl (C=O) groups excluding carboxylic acids is 1. The predicted octanol–water partition coefficient (Wildman–Crippen LogP) is 5.21. The average molecular weight is 357 g/mol. The van der Waals surface area contributed by atoms with Crippen LogP contribution in [0.5, 0.6) is 0 Å². The van der Waals surface area contributed by atoms with Gasteiger partial charge in [-0.15, -0.1) is 0 Å². The van der Waals surface area contributed by atoms with E-state index in [0.717, 1.165) is 11.1 Å². The van der Waals surface area contributed by atoms with Crippen LogP contribution < -0.4 is 5.32 Å². The number of hydrogen-bond donors (Lipinski definition) is 1. The van der Waals surface area contributed by atoms with Gasteiger partial charge < -0.3 is 9.88 Å².